The molecule has 0 fully saturated rings. The van der Waals surface area contributed by atoms with E-state index in [0.29, 0.717) is 16.9 Å². The van der Waals surface area contributed by atoms with Crippen LogP contribution in [-0.2, 0) is 0 Å². The smallest absolute Gasteiger partial charge is 0.140 e. The van der Waals surface area contributed by atoms with Crippen molar-refractivity contribution in [2.24, 2.45) is 0 Å². The zero-order chi connectivity index (χ0) is 13.1. The molecule has 2 aromatic rings. The molecule has 6 heteroatoms. The molecule has 0 radical (unpaired) electrons. The molecular weight excluding hydrogens is 275 g/mol. The van der Waals surface area contributed by atoms with Gasteiger partial charge in [0.05, 0.1) is 12.7 Å². The summed E-state index contributed by atoms with van der Waals surface area (Å²) in [5.74, 6) is 0.701. The maximum atomic E-state index is 10.2. The van der Waals surface area contributed by atoms with Gasteiger partial charge in [0.25, 0.3) is 0 Å². The van der Waals surface area contributed by atoms with Crippen LogP contribution >= 0.6 is 23.2 Å². The molecule has 18 heavy (non-hydrogen) atoms. The lowest BCUT2D eigenvalue weighted by atomic mass is 10.0. The van der Waals surface area contributed by atoms with E-state index in [0.717, 1.165) is 0 Å². The highest BCUT2D eigenvalue weighted by Gasteiger charge is 2.19. The maximum absolute atomic E-state index is 10.2. The number of hydrogen-bond acceptors (Lipinski definition) is 4. The molecular formula is C12H10Cl2N2O2. The number of halogens is 2. The van der Waals surface area contributed by atoms with Crippen molar-refractivity contribution in [1.29, 1.82) is 0 Å². The third-order valence-electron chi connectivity index (χ3n) is 2.49. The molecule has 1 unspecified atom stereocenters. The van der Waals surface area contributed by atoms with Crippen molar-refractivity contribution in [3.63, 3.8) is 0 Å². The van der Waals surface area contributed by atoms with Gasteiger partial charge < -0.3 is 9.84 Å². The Morgan fingerprint density at radius 1 is 1.11 bits per heavy atom. The van der Waals surface area contributed by atoms with Crippen LogP contribution in [0.2, 0.25) is 10.3 Å². The first-order valence-electron chi connectivity index (χ1n) is 5.11. The zero-order valence-electron chi connectivity index (χ0n) is 9.47. The number of aliphatic hydroxyl groups excluding tert-OH is 1. The van der Waals surface area contributed by atoms with E-state index >= 15 is 0 Å². The second-order valence-electron chi connectivity index (χ2n) is 3.54. The fourth-order valence-electron chi connectivity index (χ4n) is 1.53. The van der Waals surface area contributed by atoms with Crippen molar-refractivity contribution in [3.8, 4) is 5.75 Å². The molecule has 1 N–H and O–H groups in total. The Balaban J connectivity index is 2.38. The minimum absolute atomic E-state index is 0.137. The molecule has 0 amide bonds. The number of nitrogens with zero attached hydrogens (tertiary/aromatic N) is 2. The number of methoxy groups -OCH3 is 1. The summed E-state index contributed by atoms with van der Waals surface area (Å²) in [6, 6.07) is 6.93. The Morgan fingerprint density at radius 3 is 2.17 bits per heavy atom. The normalized spacial score (nSPS) is 12.2. The fraction of sp³-hybridized carbons (Fsp3) is 0.167. The summed E-state index contributed by atoms with van der Waals surface area (Å²) in [4.78, 5) is 7.61. The van der Waals surface area contributed by atoms with Crippen LogP contribution in [0.5, 0.6) is 5.75 Å². The Labute approximate surface area is 114 Å². The van der Waals surface area contributed by atoms with Crippen LogP contribution < -0.4 is 4.74 Å². The second-order valence-corrected chi connectivity index (χ2v) is 4.26. The summed E-state index contributed by atoms with van der Waals surface area (Å²) in [6.07, 6.45) is 0.270. The third-order valence-corrected chi connectivity index (χ3v) is 3.09. The molecule has 0 bridgehead atoms. The number of rotatable bonds is 3. The minimum atomic E-state index is -0.975. The van der Waals surface area contributed by atoms with Gasteiger partial charge in [-0.05, 0) is 17.7 Å². The van der Waals surface area contributed by atoms with Crippen LogP contribution in [0, 0.1) is 0 Å². The molecule has 1 aromatic carbocycles. The van der Waals surface area contributed by atoms with Gasteiger partial charge in [-0.3, -0.25) is 0 Å². The average molecular weight is 285 g/mol. The van der Waals surface area contributed by atoms with Crippen molar-refractivity contribution in [2.45, 2.75) is 6.10 Å². The molecule has 4 nitrogen and oxygen atoms in total. The van der Waals surface area contributed by atoms with Crippen molar-refractivity contribution in [1.82, 2.24) is 9.97 Å². The van der Waals surface area contributed by atoms with E-state index in [2.05, 4.69) is 9.97 Å². The van der Waals surface area contributed by atoms with Crippen LogP contribution in [0.4, 0.5) is 0 Å². The Bertz CT molecular complexity index is 526. The Kier molecular flexibility index (Phi) is 4.01. The van der Waals surface area contributed by atoms with Crippen LogP contribution in [0.1, 0.15) is 17.2 Å². The van der Waals surface area contributed by atoms with Gasteiger partial charge in [0.15, 0.2) is 0 Å². The predicted octanol–water partition coefficient (Wildman–Crippen LogP) is 2.87. The van der Waals surface area contributed by atoms with E-state index in [1.54, 1.807) is 31.4 Å². The van der Waals surface area contributed by atoms with Crippen LogP contribution in [-0.4, -0.2) is 22.2 Å². The molecule has 0 aliphatic heterocycles. The molecule has 1 heterocycles. The summed E-state index contributed by atoms with van der Waals surface area (Å²) in [7, 11) is 1.57. The quantitative estimate of drug-likeness (QED) is 0.881. The fourth-order valence-corrected chi connectivity index (χ4v) is 2.05. The second kappa shape index (κ2) is 5.52. The predicted molar refractivity (Wildman–Crippen MR) is 69.1 cm³/mol. The largest absolute Gasteiger partial charge is 0.497 e. The van der Waals surface area contributed by atoms with E-state index in [1.165, 1.54) is 6.33 Å². The highest BCUT2D eigenvalue weighted by Crippen LogP contribution is 2.31. The summed E-state index contributed by atoms with van der Waals surface area (Å²) >= 11 is 11.8. The molecule has 0 aliphatic rings. The number of aromatic nitrogens is 2. The monoisotopic (exact) mass is 284 g/mol. The van der Waals surface area contributed by atoms with Gasteiger partial charge in [0, 0.05) is 0 Å². The van der Waals surface area contributed by atoms with Gasteiger partial charge in [0.1, 0.15) is 28.5 Å². The van der Waals surface area contributed by atoms with Crippen LogP contribution in [0.25, 0.3) is 0 Å². The van der Waals surface area contributed by atoms with E-state index < -0.39 is 6.10 Å². The van der Waals surface area contributed by atoms with Crippen molar-refractivity contribution >= 4 is 23.2 Å². The molecule has 1 aromatic heterocycles. The summed E-state index contributed by atoms with van der Waals surface area (Å²) < 4.78 is 5.04. The summed E-state index contributed by atoms with van der Waals surface area (Å²) in [5, 5.41) is 10.5. The first-order chi connectivity index (χ1) is 8.63. The van der Waals surface area contributed by atoms with Crippen molar-refractivity contribution < 1.29 is 9.84 Å². The van der Waals surface area contributed by atoms with E-state index in [9.17, 15) is 5.11 Å². The molecule has 1 atom stereocenters. The SMILES string of the molecule is COc1ccc(C(O)c2c(Cl)ncnc2Cl)cc1. The van der Waals surface area contributed by atoms with Crippen LogP contribution in [0.15, 0.2) is 30.6 Å². The Morgan fingerprint density at radius 2 is 1.67 bits per heavy atom. The number of aliphatic hydroxyl groups is 1. The molecule has 94 valence electrons. The first kappa shape index (κ1) is 13.1. The van der Waals surface area contributed by atoms with E-state index in [1.807, 2.05) is 0 Å². The maximum Gasteiger partial charge on any atom is 0.140 e. The molecule has 0 aliphatic carbocycles. The standard InChI is InChI=1S/C12H10Cl2N2O2/c1-18-8-4-2-7(3-5-8)10(17)9-11(13)15-6-16-12(9)14/h2-6,10,17H,1H3. The number of ether oxygens (including phenoxy) is 1. The van der Waals surface area contributed by atoms with Gasteiger partial charge in [-0.25, -0.2) is 9.97 Å². The van der Waals surface area contributed by atoms with Gasteiger partial charge >= 0.3 is 0 Å². The lowest BCUT2D eigenvalue weighted by Crippen LogP contribution is -2.03. The van der Waals surface area contributed by atoms with Crippen LogP contribution in [0.3, 0.4) is 0 Å². The van der Waals surface area contributed by atoms with Crippen molar-refractivity contribution in [3.05, 3.63) is 52.0 Å². The number of hydrogen-bond donors (Lipinski definition) is 1. The van der Waals surface area contributed by atoms with Gasteiger partial charge in [-0.15, -0.1) is 0 Å². The average Bonchev–Trinajstić information content (AvgIpc) is 2.38. The zero-order valence-corrected chi connectivity index (χ0v) is 11.0. The lowest BCUT2D eigenvalue weighted by Gasteiger charge is -2.13. The third kappa shape index (κ3) is 2.56. The van der Waals surface area contributed by atoms with Gasteiger partial charge in [-0.2, -0.15) is 0 Å². The van der Waals surface area contributed by atoms with E-state index in [-0.39, 0.29) is 10.3 Å². The summed E-state index contributed by atoms with van der Waals surface area (Å²) in [5.41, 5.74) is 0.931. The molecule has 0 saturated carbocycles. The first-order valence-corrected chi connectivity index (χ1v) is 5.87. The highest BCUT2D eigenvalue weighted by atomic mass is 35.5. The Hall–Kier alpha value is -1.36. The minimum Gasteiger partial charge on any atom is -0.497 e. The lowest BCUT2D eigenvalue weighted by molar-refractivity contribution is 0.219. The topological polar surface area (TPSA) is 55.2 Å². The highest BCUT2D eigenvalue weighted by molar-refractivity contribution is 6.34. The molecule has 2 rings (SSSR count). The van der Waals surface area contributed by atoms with Gasteiger partial charge in [-0.1, -0.05) is 35.3 Å². The summed E-state index contributed by atoms with van der Waals surface area (Å²) in [6.45, 7) is 0. The number of benzene rings is 1. The molecule has 0 saturated heterocycles. The van der Waals surface area contributed by atoms with Gasteiger partial charge in [0.2, 0.25) is 0 Å². The molecule has 0 spiro atoms. The van der Waals surface area contributed by atoms with E-state index in [4.69, 9.17) is 27.9 Å². The van der Waals surface area contributed by atoms with Crippen molar-refractivity contribution in [2.75, 3.05) is 7.11 Å².